The maximum Gasteiger partial charge on any atom is 0.249 e. The third kappa shape index (κ3) is 2.54. The molecule has 0 saturated carbocycles. The molecule has 3 rings (SSSR count). The van der Waals surface area contributed by atoms with Crippen molar-refractivity contribution in [2.75, 3.05) is 6.61 Å². The highest BCUT2D eigenvalue weighted by molar-refractivity contribution is 5.81. The highest BCUT2D eigenvalue weighted by Crippen LogP contribution is 2.15. The summed E-state index contributed by atoms with van der Waals surface area (Å²) in [6.07, 6.45) is 2.63. The number of rotatable bonds is 3. The molecule has 2 aromatic rings. The molecule has 1 aromatic heterocycles. The zero-order valence-corrected chi connectivity index (χ0v) is 11.6. The lowest BCUT2D eigenvalue weighted by atomic mass is 10.1. The molecule has 1 amide bonds. The predicted octanol–water partition coefficient (Wildman–Crippen LogP) is 1.76. The van der Waals surface area contributed by atoms with Crippen LogP contribution < -0.4 is 5.32 Å². The average Bonchev–Trinajstić information content (AvgIpc) is 2.83. The van der Waals surface area contributed by atoms with Crippen molar-refractivity contribution in [2.24, 2.45) is 7.05 Å². The average molecular weight is 273 g/mol. The summed E-state index contributed by atoms with van der Waals surface area (Å²) in [7, 11) is 1.97. The number of aryl methyl sites for hydroxylation is 1. The van der Waals surface area contributed by atoms with E-state index in [-0.39, 0.29) is 12.0 Å². The van der Waals surface area contributed by atoms with Gasteiger partial charge in [-0.05, 0) is 31.4 Å². The van der Waals surface area contributed by atoms with Gasteiger partial charge in [-0.2, -0.15) is 0 Å². The van der Waals surface area contributed by atoms with Gasteiger partial charge in [0.1, 0.15) is 11.9 Å². The van der Waals surface area contributed by atoms with Crippen LogP contribution in [-0.4, -0.2) is 28.2 Å². The molecule has 1 aliphatic rings. The van der Waals surface area contributed by atoms with Crippen LogP contribution in [0.25, 0.3) is 11.0 Å². The van der Waals surface area contributed by atoms with E-state index >= 15 is 0 Å². The fourth-order valence-corrected chi connectivity index (χ4v) is 2.58. The van der Waals surface area contributed by atoms with Crippen molar-refractivity contribution in [3.63, 3.8) is 0 Å². The summed E-state index contributed by atoms with van der Waals surface area (Å²) in [4.78, 5) is 16.6. The van der Waals surface area contributed by atoms with E-state index < -0.39 is 0 Å². The van der Waals surface area contributed by atoms with Crippen molar-refractivity contribution in [3.8, 4) is 0 Å². The van der Waals surface area contributed by atoms with Crippen LogP contribution in [0.2, 0.25) is 0 Å². The van der Waals surface area contributed by atoms with E-state index in [1.54, 1.807) is 0 Å². The number of fused-ring (bicyclic) bond motifs is 1. The number of hydrogen-bond acceptors (Lipinski definition) is 3. The molecule has 0 aliphatic carbocycles. The van der Waals surface area contributed by atoms with Gasteiger partial charge in [0.2, 0.25) is 5.91 Å². The van der Waals surface area contributed by atoms with E-state index in [1.165, 1.54) is 0 Å². The summed E-state index contributed by atoms with van der Waals surface area (Å²) in [6, 6.07) is 7.96. The standard InChI is InChI=1S/C15H19N3O2/c1-18-12-7-3-2-6-11(12)17-14(18)10-16-15(19)13-8-4-5-9-20-13/h2-3,6-7,13H,4-5,8-10H2,1H3,(H,16,19). The van der Waals surface area contributed by atoms with Gasteiger partial charge in [0.25, 0.3) is 0 Å². The van der Waals surface area contributed by atoms with E-state index in [0.29, 0.717) is 13.2 Å². The molecule has 20 heavy (non-hydrogen) atoms. The second kappa shape index (κ2) is 5.63. The highest BCUT2D eigenvalue weighted by atomic mass is 16.5. The number of nitrogens with one attached hydrogen (secondary N) is 1. The quantitative estimate of drug-likeness (QED) is 0.927. The SMILES string of the molecule is Cn1c(CNC(=O)C2CCCCO2)nc2ccccc21. The van der Waals surface area contributed by atoms with E-state index in [1.807, 2.05) is 35.9 Å². The lowest BCUT2D eigenvalue weighted by Gasteiger charge is -2.21. The van der Waals surface area contributed by atoms with Crippen molar-refractivity contribution in [2.45, 2.75) is 31.9 Å². The molecule has 1 aromatic carbocycles. The van der Waals surface area contributed by atoms with E-state index in [0.717, 1.165) is 36.1 Å². The van der Waals surface area contributed by atoms with E-state index in [9.17, 15) is 4.79 Å². The van der Waals surface area contributed by atoms with Gasteiger partial charge >= 0.3 is 0 Å². The monoisotopic (exact) mass is 273 g/mol. The zero-order valence-electron chi connectivity index (χ0n) is 11.6. The highest BCUT2D eigenvalue weighted by Gasteiger charge is 2.21. The minimum absolute atomic E-state index is 0.0308. The van der Waals surface area contributed by atoms with Gasteiger partial charge in [0.05, 0.1) is 17.6 Å². The third-order valence-corrected chi connectivity index (χ3v) is 3.77. The molecule has 5 nitrogen and oxygen atoms in total. The summed E-state index contributed by atoms with van der Waals surface area (Å²) in [5.41, 5.74) is 2.03. The van der Waals surface area contributed by atoms with Crippen LogP contribution in [0, 0.1) is 0 Å². The second-order valence-electron chi connectivity index (χ2n) is 5.15. The number of hydrogen-bond donors (Lipinski definition) is 1. The summed E-state index contributed by atoms with van der Waals surface area (Å²) in [5, 5.41) is 2.92. The molecule has 1 saturated heterocycles. The summed E-state index contributed by atoms with van der Waals surface area (Å²) in [5.74, 6) is 0.826. The minimum atomic E-state index is -0.293. The third-order valence-electron chi connectivity index (χ3n) is 3.77. The summed E-state index contributed by atoms with van der Waals surface area (Å²) in [6.45, 7) is 1.12. The van der Waals surface area contributed by atoms with Crippen molar-refractivity contribution in [1.29, 1.82) is 0 Å². The van der Waals surface area contributed by atoms with Crippen LogP contribution in [-0.2, 0) is 23.1 Å². The molecule has 1 atom stereocenters. The van der Waals surface area contributed by atoms with Crippen LogP contribution in [0.3, 0.4) is 0 Å². The van der Waals surface area contributed by atoms with Gasteiger partial charge in [-0.15, -0.1) is 0 Å². The first-order chi connectivity index (χ1) is 9.75. The Kier molecular flexibility index (Phi) is 3.69. The fourth-order valence-electron chi connectivity index (χ4n) is 2.58. The topological polar surface area (TPSA) is 56.2 Å². The van der Waals surface area contributed by atoms with Crippen molar-refractivity contribution in [3.05, 3.63) is 30.1 Å². The molecule has 1 unspecified atom stereocenters. The Bertz CT molecular complexity index is 615. The first-order valence-corrected chi connectivity index (χ1v) is 7.05. The summed E-state index contributed by atoms with van der Waals surface area (Å²) < 4.78 is 7.49. The van der Waals surface area contributed by atoms with Gasteiger partial charge in [0, 0.05) is 13.7 Å². The number of amides is 1. The molecule has 1 N–H and O–H groups in total. The molecular weight excluding hydrogens is 254 g/mol. The van der Waals surface area contributed by atoms with E-state index in [2.05, 4.69) is 10.3 Å². The smallest absolute Gasteiger partial charge is 0.249 e. The van der Waals surface area contributed by atoms with E-state index in [4.69, 9.17) is 4.74 Å². The largest absolute Gasteiger partial charge is 0.368 e. The van der Waals surface area contributed by atoms with Crippen LogP contribution >= 0.6 is 0 Å². The van der Waals surface area contributed by atoms with Gasteiger partial charge in [-0.25, -0.2) is 4.98 Å². The Labute approximate surface area is 117 Å². The lowest BCUT2D eigenvalue weighted by molar-refractivity contribution is -0.135. The number of carbonyl (C=O) groups excluding carboxylic acids is 1. The summed E-state index contributed by atoms with van der Waals surface area (Å²) >= 11 is 0. The van der Waals surface area contributed by atoms with Crippen LogP contribution in [0.5, 0.6) is 0 Å². The van der Waals surface area contributed by atoms with Gasteiger partial charge in [-0.3, -0.25) is 4.79 Å². The van der Waals surface area contributed by atoms with Crippen LogP contribution in [0.4, 0.5) is 0 Å². The zero-order chi connectivity index (χ0) is 13.9. The Balaban J connectivity index is 1.67. The van der Waals surface area contributed by atoms with Crippen LogP contribution in [0.1, 0.15) is 25.1 Å². The predicted molar refractivity (Wildman–Crippen MR) is 76.2 cm³/mol. The Morgan fingerprint density at radius 3 is 3.05 bits per heavy atom. The molecule has 0 radical (unpaired) electrons. The number of ether oxygens (including phenoxy) is 1. The number of aromatic nitrogens is 2. The van der Waals surface area contributed by atoms with Crippen molar-refractivity contribution >= 4 is 16.9 Å². The molecule has 1 aliphatic heterocycles. The number of para-hydroxylation sites is 2. The fraction of sp³-hybridized carbons (Fsp3) is 0.467. The van der Waals surface area contributed by atoms with Gasteiger partial charge < -0.3 is 14.6 Å². The minimum Gasteiger partial charge on any atom is -0.368 e. The normalized spacial score (nSPS) is 19.1. The first kappa shape index (κ1) is 13.1. The van der Waals surface area contributed by atoms with Gasteiger partial charge in [-0.1, -0.05) is 12.1 Å². The number of benzene rings is 1. The Morgan fingerprint density at radius 2 is 2.30 bits per heavy atom. The number of imidazole rings is 1. The first-order valence-electron chi connectivity index (χ1n) is 7.05. The Hall–Kier alpha value is -1.88. The van der Waals surface area contributed by atoms with Crippen molar-refractivity contribution in [1.82, 2.24) is 14.9 Å². The molecule has 106 valence electrons. The lowest BCUT2D eigenvalue weighted by Crippen LogP contribution is -2.38. The molecule has 0 bridgehead atoms. The molecule has 1 fully saturated rings. The maximum atomic E-state index is 12.0. The van der Waals surface area contributed by atoms with Crippen molar-refractivity contribution < 1.29 is 9.53 Å². The number of carbonyl (C=O) groups is 1. The molecule has 0 spiro atoms. The maximum absolute atomic E-state index is 12.0. The van der Waals surface area contributed by atoms with Crippen LogP contribution in [0.15, 0.2) is 24.3 Å². The second-order valence-corrected chi connectivity index (χ2v) is 5.15. The van der Waals surface area contributed by atoms with Gasteiger partial charge in [0.15, 0.2) is 0 Å². The molecule has 2 heterocycles. The molecular formula is C15H19N3O2. The molecule has 5 heteroatoms. The Morgan fingerprint density at radius 1 is 1.45 bits per heavy atom. The number of nitrogens with zero attached hydrogens (tertiary/aromatic N) is 2.